The summed E-state index contributed by atoms with van der Waals surface area (Å²) in [4.78, 5) is 1.31. The first-order chi connectivity index (χ1) is 10.1. The summed E-state index contributed by atoms with van der Waals surface area (Å²) >= 11 is 5.40. The predicted octanol–water partition coefficient (Wildman–Crippen LogP) is 3.59. The Morgan fingerprint density at radius 1 is 1.48 bits per heavy atom. The fraction of sp³-hybridized carbons (Fsp3) is 0.438. The molecule has 0 fully saturated rings. The van der Waals surface area contributed by atoms with Crippen LogP contribution in [0, 0.1) is 6.92 Å². The van der Waals surface area contributed by atoms with E-state index in [0.29, 0.717) is 6.42 Å². The van der Waals surface area contributed by atoms with E-state index in [4.69, 9.17) is 0 Å². The average Bonchev–Trinajstić information content (AvgIpc) is 3.03. The smallest absolute Gasteiger partial charge is 0.0738 e. The van der Waals surface area contributed by atoms with Crippen LogP contribution in [0.1, 0.15) is 23.9 Å². The van der Waals surface area contributed by atoms with Crippen LogP contribution in [0.15, 0.2) is 33.6 Å². The molecule has 2 heterocycles. The fourth-order valence-electron chi connectivity index (χ4n) is 2.82. The van der Waals surface area contributed by atoms with E-state index in [0.717, 1.165) is 28.8 Å². The molecule has 0 bridgehead atoms. The number of benzene rings is 1. The molecule has 0 amide bonds. The number of hydrogen-bond donors (Lipinski definition) is 1. The molecule has 21 heavy (non-hydrogen) atoms. The molecule has 112 valence electrons. The van der Waals surface area contributed by atoms with Gasteiger partial charge < -0.3 is 5.11 Å². The van der Waals surface area contributed by atoms with Crippen molar-refractivity contribution in [1.29, 1.82) is 0 Å². The quantitative estimate of drug-likeness (QED) is 0.898. The van der Waals surface area contributed by atoms with Crippen LogP contribution >= 0.6 is 27.7 Å². The summed E-state index contributed by atoms with van der Waals surface area (Å²) in [6.45, 7) is 4.90. The Labute approximate surface area is 137 Å². The highest BCUT2D eigenvalue weighted by Crippen LogP contribution is 2.39. The van der Waals surface area contributed by atoms with E-state index in [1.807, 2.05) is 11.6 Å². The summed E-state index contributed by atoms with van der Waals surface area (Å²) < 4.78 is 3.01. The van der Waals surface area contributed by atoms with Crippen molar-refractivity contribution in [3.8, 4) is 0 Å². The van der Waals surface area contributed by atoms with Gasteiger partial charge in [0.05, 0.1) is 22.0 Å². The molecule has 5 heteroatoms. The fourth-order valence-corrected chi connectivity index (χ4v) is 4.57. The number of aryl methyl sites for hydroxylation is 2. The summed E-state index contributed by atoms with van der Waals surface area (Å²) in [5, 5.41) is 15.4. The van der Waals surface area contributed by atoms with Crippen molar-refractivity contribution in [3.63, 3.8) is 0 Å². The van der Waals surface area contributed by atoms with Gasteiger partial charge in [0, 0.05) is 23.1 Å². The molecule has 1 aliphatic heterocycles. The summed E-state index contributed by atoms with van der Waals surface area (Å²) in [6.07, 6.45) is 1.22. The number of thioether (sulfide) groups is 1. The predicted molar refractivity (Wildman–Crippen MR) is 89.8 cm³/mol. The van der Waals surface area contributed by atoms with Crippen molar-refractivity contribution in [2.24, 2.45) is 0 Å². The SMILES string of the molecule is CCn1nc(C)c(Br)c1CC(O)C1Cc2ccccc2S1. The molecule has 2 atom stereocenters. The Bertz CT molecular complexity index is 631. The average molecular weight is 367 g/mol. The zero-order valence-electron chi connectivity index (χ0n) is 12.2. The van der Waals surface area contributed by atoms with Gasteiger partial charge in [-0.2, -0.15) is 5.10 Å². The van der Waals surface area contributed by atoms with Gasteiger partial charge in [-0.25, -0.2) is 0 Å². The first kappa shape index (κ1) is 15.1. The second-order valence-electron chi connectivity index (χ2n) is 5.40. The normalized spacial score (nSPS) is 18.8. The van der Waals surface area contributed by atoms with Crippen molar-refractivity contribution < 1.29 is 5.11 Å². The first-order valence-electron chi connectivity index (χ1n) is 7.24. The number of hydrogen-bond acceptors (Lipinski definition) is 3. The van der Waals surface area contributed by atoms with Gasteiger partial charge in [0.1, 0.15) is 0 Å². The number of aliphatic hydroxyl groups is 1. The number of rotatable bonds is 4. The topological polar surface area (TPSA) is 38.0 Å². The van der Waals surface area contributed by atoms with E-state index >= 15 is 0 Å². The van der Waals surface area contributed by atoms with E-state index in [1.54, 1.807) is 11.8 Å². The molecule has 1 aromatic carbocycles. The van der Waals surface area contributed by atoms with Gasteiger partial charge in [-0.1, -0.05) is 18.2 Å². The summed E-state index contributed by atoms with van der Waals surface area (Å²) in [5.74, 6) is 0. The Hall–Kier alpha value is -0.780. The van der Waals surface area contributed by atoms with Crippen LogP contribution in [-0.2, 0) is 19.4 Å². The van der Waals surface area contributed by atoms with Gasteiger partial charge in [-0.3, -0.25) is 4.68 Å². The van der Waals surface area contributed by atoms with Gasteiger partial charge in [0.25, 0.3) is 0 Å². The summed E-state index contributed by atoms with van der Waals surface area (Å²) in [6, 6.07) is 8.43. The Balaban J connectivity index is 1.75. The standard InChI is InChI=1S/C16H19BrN2OS/c1-3-19-12(16(17)10(2)18-19)9-13(20)15-8-11-6-4-5-7-14(11)21-15/h4-7,13,15,20H,3,8-9H2,1-2H3. The van der Waals surface area contributed by atoms with E-state index in [1.165, 1.54) is 10.5 Å². The molecule has 0 saturated heterocycles. The third-order valence-electron chi connectivity index (χ3n) is 3.96. The number of aliphatic hydroxyl groups excluding tert-OH is 1. The molecule has 0 radical (unpaired) electrons. The van der Waals surface area contributed by atoms with Crippen LogP contribution in [0.4, 0.5) is 0 Å². The minimum absolute atomic E-state index is 0.231. The van der Waals surface area contributed by atoms with Gasteiger partial charge in [-0.15, -0.1) is 11.8 Å². The highest BCUT2D eigenvalue weighted by molar-refractivity contribution is 9.10. The Kier molecular flexibility index (Phi) is 4.43. The van der Waals surface area contributed by atoms with Crippen LogP contribution in [0.3, 0.4) is 0 Å². The van der Waals surface area contributed by atoms with Crippen LogP contribution < -0.4 is 0 Å². The lowest BCUT2D eigenvalue weighted by atomic mass is 10.0. The molecule has 0 saturated carbocycles. The zero-order chi connectivity index (χ0) is 15.0. The maximum Gasteiger partial charge on any atom is 0.0738 e. The second kappa shape index (κ2) is 6.15. The second-order valence-corrected chi connectivity index (χ2v) is 7.48. The van der Waals surface area contributed by atoms with Gasteiger partial charge >= 0.3 is 0 Å². The zero-order valence-corrected chi connectivity index (χ0v) is 14.6. The minimum Gasteiger partial charge on any atom is -0.392 e. The Morgan fingerprint density at radius 3 is 2.95 bits per heavy atom. The van der Waals surface area contributed by atoms with Crippen LogP contribution in [-0.4, -0.2) is 26.2 Å². The number of nitrogens with zero attached hydrogens (tertiary/aromatic N) is 2. The van der Waals surface area contributed by atoms with E-state index < -0.39 is 0 Å². The lowest BCUT2D eigenvalue weighted by molar-refractivity contribution is 0.169. The van der Waals surface area contributed by atoms with Crippen molar-refractivity contribution >= 4 is 27.7 Å². The van der Waals surface area contributed by atoms with Gasteiger partial charge in [0.15, 0.2) is 0 Å². The van der Waals surface area contributed by atoms with Crippen LogP contribution in [0.5, 0.6) is 0 Å². The molecular formula is C16H19BrN2OS. The molecule has 1 aromatic heterocycles. The molecule has 2 unspecified atom stereocenters. The number of fused-ring (bicyclic) bond motifs is 1. The molecule has 1 aliphatic rings. The van der Waals surface area contributed by atoms with E-state index in [2.05, 4.69) is 52.2 Å². The third kappa shape index (κ3) is 2.91. The minimum atomic E-state index is -0.361. The monoisotopic (exact) mass is 366 g/mol. The lowest BCUT2D eigenvalue weighted by Gasteiger charge is -2.18. The van der Waals surface area contributed by atoms with E-state index in [-0.39, 0.29) is 11.4 Å². The van der Waals surface area contributed by atoms with Crippen molar-refractivity contribution in [2.45, 2.75) is 49.5 Å². The van der Waals surface area contributed by atoms with Gasteiger partial charge in [-0.05, 0) is 47.8 Å². The third-order valence-corrected chi connectivity index (χ3v) is 6.42. The van der Waals surface area contributed by atoms with E-state index in [9.17, 15) is 5.11 Å². The summed E-state index contributed by atoms with van der Waals surface area (Å²) in [7, 11) is 0. The van der Waals surface area contributed by atoms with Crippen molar-refractivity contribution in [2.75, 3.05) is 0 Å². The molecule has 3 nitrogen and oxygen atoms in total. The van der Waals surface area contributed by atoms with Crippen molar-refractivity contribution in [3.05, 3.63) is 45.7 Å². The summed E-state index contributed by atoms with van der Waals surface area (Å²) in [5.41, 5.74) is 3.44. The maximum absolute atomic E-state index is 10.6. The lowest BCUT2D eigenvalue weighted by Crippen LogP contribution is -2.26. The molecule has 0 aliphatic carbocycles. The molecule has 0 spiro atoms. The van der Waals surface area contributed by atoms with Crippen LogP contribution in [0.25, 0.3) is 0 Å². The first-order valence-corrected chi connectivity index (χ1v) is 8.91. The Morgan fingerprint density at radius 2 is 2.24 bits per heavy atom. The maximum atomic E-state index is 10.6. The van der Waals surface area contributed by atoms with Crippen LogP contribution in [0.2, 0.25) is 0 Å². The highest BCUT2D eigenvalue weighted by Gasteiger charge is 2.29. The van der Waals surface area contributed by atoms with Crippen molar-refractivity contribution in [1.82, 2.24) is 9.78 Å². The number of halogens is 1. The van der Waals surface area contributed by atoms with Gasteiger partial charge in [0.2, 0.25) is 0 Å². The largest absolute Gasteiger partial charge is 0.392 e. The molecule has 3 rings (SSSR count). The highest BCUT2D eigenvalue weighted by atomic mass is 79.9. The molecule has 1 N–H and O–H groups in total. The molecule has 2 aromatic rings. The number of aromatic nitrogens is 2. The molecular weight excluding hydrogens is 348 g/mol.